The standard InChI is InChI=1S/C13H16N2O3/c1-2-18-12-13(17)15(9-11(16)14-12)8-10-6-4-3-5-7-10/h3-7,12H,2,8-9H2,1H3,(H,14,16). The number of amides is 2. The monoisotopic (exact) mass is 248 g/mol. The Morgan fingerprint density at radius 1 is 1.33 bits per heavy atom. The average Bonchev–Trinajstić information content (AvgIpc) is 2.36. The zero-order valence-corrected chi connectivity index (χ0v) is 10.3. The molecule has 1 aliphatic rings. The first-order chi connectivity index (χ1) is 8.70. The lowest BCUT2D eigenvalue weighted by molar-refractivity contribution is -0.158. The van der Waals surface area contributed by atoms with Gasteiger partial charge < -0.3 is 15.0 Å². The highest BCUT2D eigenvalue weighted by atomic mass is 16.5. The number of piperazine rings is 1. The van der Waals surface area contributed by atoms with E-state index in [4.69, 9.17) is 4.74 Å². The van der Waals surface area contributed by atoms with Crippen molar-refractivity contribution in [3.63, 3.8) is 0 Å². The largest absolute Gasteiger partial charge is 0.350 e. The number of rotatable bonds is 4. The highest BCUT2D eigenvalue weighted by Gasteiger charge is 2.32. The third-order valence-corrected chi connectivity index (χ3v) is 2.71. The Morgan fingerprint density at radius 2 is 2.06 bits per heavy atom. The van der Waals surface area contributed by atoms with Gasteiger partial charge in [0.15, 0.2) is 0 Å². The van der Waals surface area contributed by atoms with Crippen LogP contribution in [-0.4, -0.2) is 36.1 Å². The quantitative estimate of drug-likeness (QED) is 0.844. The van der Waals surface area contributed by atoms with Crippen LogP contribution < -0.4 is 5.32 Å². The van der Waals surface area contributed by atoms with Gasteiger partial charge in [-0.1, -0.05) is 30.3 Å². The molecule has 1 unspecified atom stereocenters. The highest BCUT2D eigenvalue weighted by molar-refractivity contribution is 5.93. The maximum absolute atomic E-state index is 12.1. The van der Waals surface area contributed by atoms with E-state index in [1.165, 1.54) is 4.90 Å². The summed E-state index contributed by atoms with van der Waals surface area (Å²) in [5.41, 5.74) is 0.996. The van der Waals surface area contributed by atoms with Crippen molar-refractivity contribution in [2.24, 2.45) is 0 Å². The predicted octanol–water partition coefficient (Wildman–Crippen LogP) is 0.508. The van der Waals surface area contributed by atoms with Crippen molar-refractivity contribution in [1.82, 2.24) is 10.2 Å². The summed E-state index contributed by atoms with van der Waals surface area (Å²) in [4.78, 5) is 25.1. The average molecular weight is 248 g/mol. The summed E-state index contributed by atoms with van der Waals surface area (Å²) in [5, 5.41) is 2.53. The normalized spacial score (nSPS) is 19.8. The molecule has 5 nitrogen and oxygen atoms in total. The fraction of sp³-hybridized carbons (Fsp3) is 0.385. The molecule has 1 aliphatic heterocycles. The summed E-state index contributed by atoms with van der Waals surface area (Å²) in [5.74, 6) is -0.385. The fourth-order valence-electron chi connectivity index (χ4n) is 1.89. The Bertz CT molecular complexity index is 433. The van der Waals surface area contributed by atoms with E-state index in [1.54, 1.807) is 6.92 Å². The third-order valence-electron chi connectivity index (χ3n) is 2.71. The van der Waals surface area contributed by atoms with Crippen LogP contribution in [0.3, 0.4) is 0 Å². The lowest BCUT2D eigenvalue weighted by Crippen LogP contribution is -2.58. The molecule has 0 bridgehead atoms. The number of benzene rings is 1. The molecule has 18 heavy (non-hydrogen) atoms. The van der Waals surface area contributed by atoms with Gasteiger partial charge >= 0.3 is 0 Å². The Labute approximate surface area is 106 Å². The smallest absolute Gasteiger partial charge is 0.273 e. The van der Waals surface area contributed by atoms with E-state index in [0.717, 1.165) is 5.56 Å². The Kier molecular flexibility index (Phi) is 3.94. The minimum atomic E-state index is -0.847. The molecule has 1 fully saturated rings. The topological polar surface area (TPSA) is 58.6 Å². The van der Waals surface area contributed by atoms with Crippen molar-refractivity contribution in [2.45, 2.75) is 19.7 Å². The van der Waals surface area contributed by atoms with E-state index in [-0.39, 0.29) is 18.4 Å². The maximum Gasteiger partial charge on any atom is 0.273 e. The van der Waals surface area contributed by atoms with Crippen LogP contribution in [0.1, 0.15) is 12.5 Å². The third kappa shape index (κ3) is 2.87. The molecular formula is C13H16N2O3. The van der Waals surface area contributed by atoms with Crippen molar-refractivity contribution in [1.29, 1.82) is 0 Å². The van der Waals surface area contributed by atoms with Gasteiger partial charge in [0.25, 0.3) is 5.91 Å². The van der Waals surface area contributed by atoms with Gasteiger partial charge in [-0.15, -0.1) is 0 Å². The van der Waals surface area contributed by atoms with Crippen molar-refractivity contribution in [2.75, 3.05) is 13.2 Å². The summed E-state index contributed by atoms with van der Waals surface area (Å²) in [6, 6.07) is 9.58. The Balaban J connectivity index is 2.07. The summed E-state index contributed by atoms with van der Waals surface area (Å²) in [7, 11) is 0. The molecule has 0 aliphatic carbocycles. The van der Waals surface area contributed by atoms with Crippen LogP contribution in [-0.2, 0) is 20.9 Å². The van der Waals surface area contributed by atoms with Crippen molar-refractivity contribution in [3.05, 3.63) is 35.9 Å². The summed E-state index contributed by atoms with van der Waals surface area (Å²) in [6.07, 6.45) is -0.847. The fourth-order valence-corrected chi connectivity index (χ4v) is 1.89. The minimum Gasteiger partial charge on any atom is -0.350 e. The van der Waals surface area contributed by atoms with Crippen molar-refractivity contribution in [3.8, 4) is 0 Å². The molecule has 96 valence electrons. The van der Waals surface area contributed by atoms with E-state index in [9.17, 15) is 9.59 Å². The van der Waals surface area contributed by atoms with Crippen molar-refractivity contribution >= 4 is 11.8 Å². The van der Waals surface area contributed by atoms with Gasteiger partial charge in [0.05, 0.1) is 0 Å². The second kappa shape index (κ2) is 5.64. The van der Waals surface area contributed by atoms with Gasteiger partial charge in [-0.05, 0) is 12.5 Å². The van der Waals surface area contributed by atoms with Gasteiger partial charge in [0.1, 0.15) is 6.54 Å². The highest BCUT2D eigenvalue weighted by Crippen LogP contribution is 2.09. The first-order valence-electron chi connectivity index (χ1n) is 5.94. The number of hydrogen-bond acceptors (Lipinski definition) is 3. The summed E-state index contributed by atoms with van der Waals surface area (Å²) >= 11 is 0. The first-order valence-corrected chi connectivity index (χ1v) is 5.94. The second-order valence-corrected chi connectivity index (χ2v) is 4.08. The molecule has 0 spiro atoms. The SMILES string of the molecule is CCOC1NC(=O)CN(Cc2ccccc2)C1=O. The minimum absolute atomic E-state index is 0.0807. The van der Waals surface area contributed by atoms with Crippen LogP contribution in [0.2, 0.25) is 0 Å². The van der Waals surface area contributed by atoms with Crippen LogP contribution in [0.25, 0.3) is 0 Å². The molecule has 1 N–H and O–H groups in total. The summed E-state index contributed by atoms with van der Waals surface area (Å²) in [6.45, 7) is 2.68. The van der Waals surface area contributed by atoms with Gasteiger partial charge in [-0.3, -0.25) is 9.59 Å². The number of nitrogens with one attached hydrogen (secondary N) is 1. The molecular weight excluding hydrogens is 232 g/mol. The number of nitrogens with zero attached hydrogens (tertiary/aromatic N) is 1. The Morgan fingerprint density at radius 3 is 2.72 bits per heavy atom. The lowest BCUT2D eigenvalue weighted by atomic mass is 10.2. The second-order valence-electron chi connectivity index (χ2n) is 4.08. The maximum atomic E-state index is 12.1. The van der Waals surface area contributed by atoms with Crippen molar-refractivity contribution < 1.29 is 14.3 Å². The van der Waals surface area contributed by atoms with Crippen LogP contribution in [0.15, 0.2) is 30.3 Å². The molecule has 0 radical (unpaired) electrons. The number of carbonyl (C=O) groups is 2. The molecule has 1 atom stereocenters. The molecule has 0 saturated carbocycles. The van der Waals surface area contributed by atoms with Crippen LogP contribution >= 0.6 is 0 Å². The molecule has 1 heterocycles. The van der Waals surface area contributed by atoms with Gasteiger partial charge in [-0.25, -0.2) is 0 Å². The molecule has 2 rings (SSSR count). The molecule has 1 aromatic rings. The molecule has 1 aromatic carbocycles. The lowest BCUT2D eigenvalue weighted by Gasteiger charge is -2.32. The molecule has 2 amide bonds. The molecule has 0 aromatic heterocycles. The predicted molar refractivity (Wildman–Crippen MR) is 65.4 cm³/mol. The van der Waals surface area contributed by atoms with E-state index in [0.29, 0.717) is 13.2 Å². The van der Waals surface area contributed by atoms with Crippen LogP contribution in [0, 0.1) is 0 Å². The van der Waals surface area contributed by atoms with E-state index in [1.807, 2.05) is 30.3 Å². The number of carbonyl (C=O) groups excluding carboxylic acids is 2. The van der Waals surface area contributed by atoms with E-state index in [2.05, 4.69) is 5.32 Å². The molecule has 5 heteroatoms. The van der Waals surface area contributed by atoms with Crippen LogP contribution in [0.5, 0.6) is 0 Å². The van der Waals surface area contributed by atoms with E-state index >= 15 is 0 Å². The summed E-state index contributed by atoms with van der Waals surface area (Å²) < 4.78 is 5.21. The number of ether oxygens (including phenoxy) is 1. The zero-order chi connectivity index (χ0) is 13.0. The first kappa shape index (κ1) is 12.6. The van der Waals surface area contributed by atoms with Gasteiger partial charge in [0, 0.05) is 13.2 Å². The zero-order valence-electron chi connectivity index (χ0n) is 10.3. The van der Waals surface area contributed by atoms with Gasteiger partial charge in [0.2, 0.25) is 12.1 Å². The number of hydrogen-bond donors (Lipinski definition) is 1. The van der Waals surface area contributed by atoms with E-state index < -0.39 is 6.23 Å². The Hall–Kier alpha value is -1.88. The van der Waals surface area contributed by atoms with Crippen LogP contribution in [0.4, 0.5) is 0 Å². The molecule has 1 saturated heterocycles. The van der Waals surface area contributed by atoms with Gasteiger partial charge in [-0.2, -0.15) is 0 Å².